The lowest BCUT2D eigenvalue weighted by molar-refractivity contribution is 0.0942. The zero-order valence-corrected chi connectivity index (χ0v) is 8.65. The van der Waals surface area contributed by atoms with Crippen molar-refractivity contribution in [3.8, 4) is 0 Å². The Morgan fingerprint density at radius 1 is 1.27 bits per heavy atom. The molecule has 1 aliphatic carbocycles. The van der Waals surface area contributed by atoms with Crippen LogP contribution in [-0.4, -0.2) is 11.9 Å². The summed E-state index contributed by atoms with van der Waals surface area (Å²) in [6.45, 7) is 0. The van der Waals surface area contributed by atoms with E-state index in [4.69, 9.17) is 0 Å². The van der Waals surface area contributed by atoms with E-state index in [-0.39, 0.29) is 11.9 Å². The Kier molecular flexibility index (Phi) is 3.18. The van der Waals surface area contributed by atoms with Gasteiger partial charge in [-0.15, -0.1) is 0 Å². The van der Waals surface area contributed by atoms with Crippen molar-refractivity contribution in [3.63, 3.8) is 0 Å². The van der Waals surface area contributed by atoms with Crippen LogP contribution in [0.5, 0.6) is 0 Å². The predicted octanol–water partition coefficient (Wildman–Crippen LogP) is 2.53. The molecule has 0 bridgehead atoms. The van der Waals surface area contributed by atoms with Gasteiger partial charge in [-0.25, -0.2) is 0 Å². The van der Waals surface area contributed by atoms with Gasteiger partial charge >= 0.3 is 0 Å². The summed E-state index contributed by atoms with van der Waals surface area (Å²) in [5, 5.41) is 3.01. The number of rotatable bonds is 2. The van der Waals surface area contributed by atoms with E-state index >= 15 is 0 Å². The molecular formula is C13H15NO. The van der Waals surface area contributed by atoms with Crippen LogP contribution in [0.15, 0.2) is 42.5 Å². The highest BCUT2D eigenvalue weighted by molar-refractivity contribution is 5.94. The fourth-order valence-corrected chi connectivity index (χ4v) is 1.77. The van der Waals surface area contributed by atoms with Crippen LogP contribution in [0.2, 0.25) is 0 Å². The van der Waals surface area contributed by atoms with Gasteiger partial charge in [0.15, 0.2) is 0 Å². The van der Waals surface area contributed by atoms with Crippen LogP contribution in [0.25, 0.3) is 0 Å². The van der Waals surface area contributed by atoms with Crippen molar-refractivity contribution < 1.29 is 4.79 Å². The Labute approximate surface area is 90.0 Å². The van der Waals surface area contributed by atoms with Gasteiger partial charge in [0.1, 0.15) is 0 Å². The zero-order chi connectivity index (χ0) is 10.5. The quantitative estimate of drug-likeness (QED) is 0.732. The van der Waals surface area contributed by atoms with Gasteiger partial charge in [-0.3, -0.25) is 4.79 Å². The number of amides is 1. The van der Waals surface area contributed by atoms with E-state index in [0.717, 1.165) is 24.8 Å². The highest BCUT2D eigenvalue weighted by atomic mass is 16.1. The van der Waals surface area contributed by atoms with Gasteiger partial charge in [-0.05, 0) is 31.4 Å². The summed E-state index contributed by atoms with van der Waals surface area (Å²) in [4.78, 5) is 11.8. The maximum absolute atomic E-state index is 11.8. The summed E-state index contributed by atoms with van der Waals surface area (Å²) >= 11 is 0. The highest BCUT2D eigenvalue weighted by Crippen LogP contribution is 2.10. The van der Waals surface area contributed by atoms with Gasteiger partial charge in [0.25, 0.3) is 5.91 Å². The van der Waals surface area contributed by atoms with Crippen LogP contribution in [-0.2, 0) is 0 Å². The van der Waals surface area contributed by atoms with Crippen LogP contribution in [0.4, 0.5) is 0 Å². The molecule has 1 atom stereocenters. The number of carbonyl (C=O) groups is 1. The number of allylic oxidation sites excluding steroid dienone is 1. The van der Waals surface area contributed by atoms with Crippen LogP contribution in [0.3, 0.4) is 0 Å². The third-order valence-electron chi connectivity index (χ3n) is 2.61. The molecule has 2 rings (SSSR count). The molecule has 1 aromatic rings. The smallest absolute Gasteiger partial charge is 0.251 e. The van der Waals surface area contributed by atoms with E-state index in [1.807, 2.05) is 30.3 Å². The average molecular weight is 201 g/mol. The number of hydrogen-bond donors (Lipinski definition) is 1. The van der Waals surface area contributed by atoms with Gasteiger partial charge in [0, 0.05) is 11.6 Å². The second kappa shape index (κ2) is 4.78. The first kappa shape index (κ1) is 9.97. The first-order valence-corrected chi connectivity index (χ1v) is 5.39. The van der Waals surface area contributed by atoms with E-state index in [0.29, 0.717) is 0 Å². The average Bonchev–Trinajstić information content (AvgIpc) is 2.31. The summed E-state index contributed by atoms with van der Waals surface area (Å²) in [6, 6.07) is 9.56. The Hall–Kier alpha value is -1.57. The Balaban J connectivity index is 1.98. The standard InChI is InChI=1S/C13H15NO/c15-13(11-7-3-1-4-8-11)14-12-9-5-2-6-10-12/h1,3-5,7-9,12H,2,6,10H2,(H,14,15)/t12-/m0/s1. The lowest BCUT2D eigenvalue weighted by Crippen LogP contribution is -2.34. The first-order chi connectivity index (χ1) is 7.36. The van der Waals surface area contributed by atoms with Crippen molar-refractivity contribution in [3.05, 3.63) is 48.0 Å². The summed E-state index contributed by atoms with van der Waals surface area (Å²) in [6.07, 6.45) is 7.58. The van der Waals surface area contributed by atoms with Crippen LogP contribution in [0.1, 0.15) is 29.6 Å². The Bertz CT molecular complexity index is 356. The molecule has 0 unspecified atom stereocenters. The van der Waals surface area contributed by atoms with Crippen LogP contribution in [0, 0.1) is 0 Å². The Morgan fingerprint density at radius 3 is 2.73 bits per heavy atom. The van der Waals surface area contributed by atoms with E-state index in [1.54, 1.807) is 0 Å². The Morgan fingerprint density at radius 2 is 2.07 bits per heavy atom. The highest BCUT2D eigenvalue weighted by Gasteiger charge is 2.12. The van der Waals surface area contributed by atoms with Crippen molar-refractivity contribution >= 4 is 5.91 Å². The van der Waals surface area contributed by atoms with Crippen LogP contribution >= 0.6 is 0 Å². The third kappa shape index (κ3) is 2.69. The maximum atomic E-state index is 11.8. The number of benzene rings is 1. The second-order valence-corrected chi connectivity index (χ2v) is 3.81. The van der Waals surface area contributed by atoms with Gasteiger partial charge in [-0.1, -0.05) is 30.4 Å². The summed E-state index contributed by atoms with van der Waals surface area (Å²) in [5.41, 5.74) is 0.733. The lowest BCUT2D eigenvalue weighted by atomic mass is 10.0. The number of nitrogens with one attached hydrogen (secondary N) is 1. The summed E-state index contributed by atoms with van der Waals surface area (Å²) in [5.74, 6) is 0.0205. The molecule has 0 fully saturated rings. The van der Waals surface area contributed by atoms with Gasteiger partial charge in [-0.2, -0.15) is 0 Å². The van der Waals surface area contributed by atoms with Crippen molar-refractivity contribution in [1.82, 2.24) is 5.32 Å². The minimum absolute atomic E-state index is 0.0205. The van der Waals surface area contributed by atoms with E-state index in [1.165, 1.54) is 0 Å². The molecule has 15 heavy (non-hydrogen) atoms. The van der Waals surface area contributed by atoms with Crippen LogP contribution < -0.4 is 5.32 Å². The topological polar surface area (TPSA) is 29.1 Å². The summed E-state index contributed by atoms with van der Waals surface area (Å²) in [7, 11) is 0. The van der Waals surface area contributed by atoms with Gasteiger partial charge in [0.2, 0.25) is 0 Å². The zero-order valence-electron chi connectivity index (χ0n) is 8.65. The molecule has 0 aromatic heterocycles. The SMILES string of the molecule is O=C(N[C@H]1C=CCCC1)c1ccccc1. The number of carbonyl (C=O) groups excluding carboxylic acids is 1. The maximum Gasteiger partial charge on any atom is 0.251 e. The monoisotopic (exact) mass is 201 g/mol. The van der Waals surface area contributed by atoms with Crippen molar-refractivity contribution in [1.29, 1.82) is 0 Å². The van der Waals surface area contributed by atoms with E-state index in [9.17, 15) is 4.79 Å². The second-order valence-electron chi connectivity index (χ2n) is 3.81. The molecule has 2 heteroatoms. The largest absolute Gasteiger partial charge is 0.346 e. The molecule has 1 aromatic carbocycles. The van der Waals surface area contributed by atoms with Gasteiger partial charge in [0.05, 0.1) is 0 Å². The van der Waals surface area contributed by atoms with Crippen molar-refractivity contribution in [2.24, 2.45) is 0 Å². The molecular weight excluding hydrogens is 186 g/mol. The molecule has 1 amide bonds. The molecule has 0 heterocycles. The third-order valence-corrected chi connectivity index (χ3v) is 2.61. The molecule has 0 spiro atoms. The minimum Gasteiger partial charge on any atom is -0.346 e. The number of hydrogen-bond acceptors (Lipinski definition) is 1. The van der Waals surface area contributed by atoms with Crippen molar-refractivity contribution in [2.45, 2.75) is 25.3 Å². The van der Waals surface area contributed by atoms with E-state index in [2.05, 4.69) is 17.5 Å². The predicted molar refractivity (Wildman–Crippen MR) is 60.7 cm³/mol. The fraction of sp³-hybridized carbons (Fsp3) is 0.308. The minimum atomic E-state index is 0.0205. The fourth-order valence-electron chi connectivity index (χ4n) is 1.77. The molecule has 0 aliphatic heterocycles. The normalized spacial score (nSPS) is 19.9. The molecule has 1 aliphatic rings. The van der Waals surface area contributed by atoms with Gasteiger partial charge < -0.3 is 5.32 Å². The molecule has 0 saturated heterocycles. The molecule has 78 valence electrons. The van der Waals surface area contributed by atoms with Crippen molar-refractivity contribution in [2.75, 3.05) is 0 Å². The molecule has 2 nitrogen and oxygen atoms in total. The molecule has 1 N–H and O–H groups in total. The molecule has 0 saturated carbocycles. The summed E-state index contributed by atoms with van der Waals surface area (Å²) < 4.78 is 0. The first-order valence-electron chi connectivity index (χ1n) is 5.39. The molecule has 0 radical (unpaired) electrons. The van der Waals surface area contributed by atoms with E-state index < -0.39 is 0 Å². The lowest BCUT2D eigenvalue weighted by Gasteiger charge is -2.17.